The predicted molar refractivity (Wildman–Crippen MR) is 51.4 cm³/mol. The van der Waals surface area contributed by atoms with Crippen LogP contribution in [0.15, 0.2) is 12.1 Å². The zero-order chi connectivity index (χ0) is 10.9. The lowest BCUT2D eigenvalue weighted by atomic mass is 10.1. The number of carbonyl (C=O) groups excluding carboxylic acids is 1. The summed E-state index contributed by atoms with van der Waals surface area (Å²) in [4.78, 5) is 20.8. The van der Waals surface area contributed by atoms with Crippen molar-refractivity contribution in [1.82, 2.24) is 0 Å². The Bertz CT molecular complexity index is 417. The van der Waals surface area contributed by atoms with Crippen LogP contribution in [0.1, 0.15) is 15.9 Å². The van der Waals surface area contributed by atoms with Crippen LogP contribution in [-0.4, -0.2) is 10.8 Å². The molecule has 74 valence electrons. The highest BCUT2D eigenvalue weighted by atomic mass is 35.5. The summed E-state index contributed by atoms with van der Waals surface area (Å²) < 4.78 is 0. The van der Waals surface area contributed by atoms with Gasteiger partial charge in [0.1, 0.15) is 5.02 Å². The molecule has 0 saturated carbocycles. The van der Waals surface area contributed by atoms with Crippen molar-refractivity contribution in [2.75, 3.05) is 0 Å². The zero-order valence-electron chi connectivity index (χ0n) is 7.28. The van der Waals surface area contributed by atoms with Gasteiger partial charge < -0.3 is 5.73 Å². The first-order chi connectivity index (χ1) is 6.45. The quantitative estimate of drug-likeness (QED) is 0.600. The van der Waals surface area contributed by atoms with Gasteiger partial charge in [-0.1, -0.05) is 11.6 Å². The highest BCUT2D eigenvalue weighted by Gasteiger charge is 2.20. The van der Waals surface area contributed by atoms with Gasteiger partial charge in [0, 0.05) is 11.1 Å². The Labute approximate surface area is 84.6 Å². The number of nitro benzene ring substituents is 1. The van der Waals surface area contributed by atoms with Gasteiger partial charge in [-0.15, -0.1) is 0 Å². The number of halogens is 1. The van der Waals surface area contributed by atoms with Gasteiger partial charge in [-0.05, 0) is 19.1 Å². The molecule has 0 bridgehead atoms. The van der Waals surface area contributed by atoms with Crippen molar-refractivity contribution in [1.29, 1.82) is 0 Å². The number of amides is 1. The van der Waals surface area contributed by atoms with Gasteiger partial charge in [-0.2, -0.15) is 0 Å². The molecular formula is C8H7ClN2O3. The maximum Gasteiger partial charge on any atom is 0.291 e. The monoisotopic (exact) mass is 214 g/mol. The van der Waals surface area contributed by atoms with Crippen LogP contribution < -0.4 is 5.73 Å². The van der Waals surface area contributed by atoms with E-state index in [9.17, 15) is 14.9 Å². The third-order valence-electron chi connectivity index (χ3n) is 1.83. The average molecular weight is 215 g/mol. The number of carbonyl (C=O) groups is 1. The lowest BCUT2D eigenvalue weighted by Gasteiger charge is -2.03. The van der Waals surface area contributed by atoms with Gasteiger partial charge in [0.2, 0.25) is 5.91 Å². The van der Waals surface area contributed by atoms with E-state index in [4.69, 9.17) is 17.3 Å². The Balaban J connectivity index is 3.49. The summed E-state index contributed by atoms with van der Waals surface area (Å²) in [5.74, 6) is -0.706. The number of hydrogen-bond donors (Lipinski definition) is 1. The van der Waals surface area contributed by atoms with Crippen LogP contribution >= 0.6 is 11.6 Å². The van der Waals surface area contributed by atoms with Crippen LogP contribution in [0.5, 0.6) is 0 Å². The van der Waals surface area contributed by atoms with Crippen LogP contribution in [-0.2, 0) is 0 Å². The first-order valence-corrected chi connectivity index (χ1v) is 4.06. The van der Waals surface area contributed by atoms with Crippen LogP contribution in [0.2, 0.25) is 5.02 Å². The molecule has 0 radical (unpaired) electrons. The van der Waals surface area contributed by atoms with Crippen molar-refractivity contribution >= 4 is 23.2 Å². The van der Waals surface area contributed by atoms with Crippen LogP contribution in [0, 0.1) is 17.0 Å². The largest absolute Gasteiger partial charge is 0.366 e. The Morgan fingerprint density at radius 2 is 2.14 bits per heavy atom. The minimum Gasteiger partial charge on any atom is -0.366 e. The molecule has 6 heteroatoms. The molecule has 0 aromatic heterocycles. The Hall–Kier alpha value is -1.62. The molecule has 0 aliphatic heterocycles. The fourth-order valence-electron chi connectivity index (χ4n) is 1.16. The van der Waals surface area contributed by atoms with E-state index in [1.54, 1.807) is 0 Å². The molecule has 0 aliphatic carbocycles. The molecule has 0 aliphatic rings. The second-order valence-corrected chi connectivity index (χ2v) is 3.10. The van der Waals surface area contributed by atoms with Crippen molar-refractivity contribution in [3.05, 3.63) is 38.4 Å². The summed E-state index contributed by atoms with van der Waals surface area (Å²) in [5, 5.41) is 10.6. The zero-order valence-corrected chi connectivity index (χ0v) is 8.04. The molecule has 5 nitrogen and oxygen atoms in total. The highest BCUT2D eigenvalue weighted by molar-refractivity contribution is 6.33. The Morgan fingerprint density at radius 3 is 2.57 bits per heavy atom. The molecule has 1 rings (SSSR count). The smallest absolute Gasteiger partial charge is 0.291 e. The normalized spacial score (nSPS) is 9.86. The van der Waals surface area contributed by atoms with Crippen molar-refractivity contribution in [3.8, 4) is 0 Å². The Kier molecular flexibility index (Phi) is 2.71. The maximum atomic E-state index is 10.9. The standard InChI is InChI=1S/C8H7ClN2O3/c1-4-5(8(10)12)2-3-6(9)7(4)11(13)14/h2-3H,1H3,(H2,10,12). The van der Waals surface area contributed by atoms with Crippen molar-refractivity contribution in [2.24, 2.45) is 5.73 Å². The average Bonchev–Trinajstić information content (AvgIpc) is 2.02. The summed E-state index contributed by atoms with van der Waals surface area (Å²) in [5.41, 5.74) is 5.06. The molecule has 0 heterocycles. The number of nitrogens with zero attached hydrogens (tertiary/aromatic N) is 1. The number of benzene rings is 1. The molecule has 0 saturated heterocycles. The summed E-state index contributed by atoms with van der Waals surface area (Å²) in [7, 11) is 0. The fourth-order valence-corrected chi connectivity index (χ4v) is 1.43. The number of nitro groups is 1. The minimum absolute atomic E-state index is 0.00231. The van der Waals surface area contributed by atoms with E-state index in [0.29, 0.717) is 0 Å². The molecule has 0 atom stereocenters. The first kappa shape index (κ1) is 10.5. The second-order valence-electron chi connectivity index (χ2n) is 2.69. The van der Waals surface area contributed by atoms with E-state index in [2.05, 4.69) is 0 Å². The number of hydrogen-bond acceptors (Lipinski definition) is 3. The third kappa shape index (κ3) is 1.67. The van der Waals surface area contributed by atoms with Crippen LogP contribution in [0.25, 0.3) is 0 Å². The number of rotatable bonds is 2. The van der Waals surface area contributed by atoms with Gasteiger partial charge in [0.05, 0.1) is 4.92 Å². The van der Waals surface area contributed by atoms with Gasteiger partial charge in [0.15, 0.2) is 0 Å². The van der Waals surface area contributed by atoms with E-state index in [1.165, 1.54) is 19.1 Å². The van der Waals surface area contributed by atoms with Crippen molar-refractivity contribution in [2.45, 2.75) is 6.92 Å². The minimum atomic E-state index is -0.706. The highest BCUT2D eigenvalue weighted by Crippen LogP contribution is 2.29. The molecule has 2 N–H and O–H groups in total. The maximum absolute atomic E-state index is 10.9. The molecular weight excluding hydrogens is 208 g/mol. The summed E-state index contributed by atoms with van der Waals surface area (Å²) in [6.45, 7) is 1.43. The summed E-state index contributed by atoms with van der Waals surface area (Å²) in [6, 6.07) is 2.65. The number of primary amides is 1. The summed E-state index contributed by atoms with van der Waals surface area (Å²) in [6.07, 6.45) is 0. The molecule has 14 heavy (non-hydrogen) atoms. The van der Waals surface area contributed by atoms with Crippen LogP contribution in [0.4, 0.5) is 5.69 Å². The SMILES string of the molecule is Cc1c(C(N)=O)ccc(Cl)c1[N+](=O)[O-]. The van der Waals surface area contributed by atoms with Crippen molar-refractivity contribution < 1.29 is 9.72 Å². The van der Waals surface area contributed by atoms with E-state index < -0.39 is 10.8 Å². The first-order valence-electron chi connectivity index (χ1n) is 3.68. The lowest BCUT2D eigenvalue weighted by Crippen LogP contribution is -2.13. The third-order valence-corrected chi connectivity index (χ3v) is 2.13. The molecule has 0 unspecified atom stereocenters. The van der Waals surface area contributed by atoms with Gasteiger partial charge in [-0.25, -0.2) is 0 Å². The van der Waals surface area contributed by atoms with E-state index in [-0.39, 0.29) is 21.8 Å². The number of nitrogens with two attached hydrogens (primary N) is 1. The van der Waals surface area contributed by atoms with Crippen LogP contribution in [0.3, 0.4) is 0 Å². The van der Waals surface area contributed by atoms with Gasteiger partial charge >= 0.3 is 0 Å². The van der Waals surface area contributed by atoms with E-state index in [1.807, 2.05) is 0 Å². The van der Waals surface area contributed by atoms with Gasteiger partial charge in [0.25, 0.3) is 5.69 Å². The molecule has 0 spiro atoms. The Morgan fingerprint density at radius 1 is 1.57 bits per heavy atom. The molecule has 1 amide bonds. The molecule has 0 fully saturated rings. The van der Waals surface area contributed by atoms with Crippen molar-refractivity contribution in [3.63, 3.8) is 0 Å². The lowest BCUT2D eigenvalue weighted by molar-refractivity contribution is -0.385. The topological polar surface area (TPSA) is 86.2 Å². The molecule has 1 aromatic carbocycles. The second kappa shape index (κ2) is 3.63. The fraction of sp³-hybridized carbons (Fsp3) is 0.125. The van der Waals surface area contributed by atoms with E-state index in [0.717, 1.165) is 0 Å². The summed E-state index contributed by atoms with van der Waals surface area (Å²) >= 11 is 5.61. The predicted octanol–water partition coefficient (Wildman–Crippen LogP) is 1.66. The molecule has 1 aromatic rings. The van der Waals surface area contributed by atoms with Gasteiger partial charge in [-0.3, -0.25) is 14.9 Å². The van der Waals surface area contributed by atoms with E-state index >= 15 is 0 Å².